The van der Waals surface area contributed by atoms with E-state index in [9.17, 15) is 9.90 Å². The highest BCUT2D eigenvalue weighted by molar-refractivity contribution is 5.71. The number of carbonyl (C=O) groups excluding carboxylic acids is 1. The Morgan fingerprint density at radius 3 is 2.85 bits per heavy atom. The van der Waals surface area contributed by atoms with Crippen LogP contribution in [0, 0.1) is 0 Å². The van der Waals surface area contributed by atoms with Crippen molar-refractivity contribution in [3.05, 3.63) is 0 Å². The SMILES string of the molecule is CCC[C@H]1OC(=O)N[C@]1(C)[C@@H](C)O. The molecule has 1 aliphatic heterocycles. The number of ether oxygens (including phenoxy) is 1. The number of alkyl carbamates (subject to hydrolysis) is 1. The van der Waals surface area contributed by atoms with Gasteiger partial charge in [0.2, 0.25) is 0 Å². The molecule has 1 amide bonds. The molecule has 3 atom stereocenters. The van der Waals surface area contributed by atoms with Gasteiger partial charge < -0.3 is 15.2 Å². The van der Waals surface area contributed by atoms with Crippen molar-refractivity contribution in [3.63, 3.8) is 0 Å². The maximum atomic E-state index is 11.0. The number of rotatable bonds is 3. The van der Waals surface area contributed by atoms with Gasteiger partial charge in [-0.05, 0) is 20.3 Å². The van der Waals surface area contributed by atoms with Gasteiger partial charge in [-0.3, -0.25) is 0 Å². The molecule has 4 heteroatoms. The van der Waals surface area contributed by atoms with Crippen LogP contribution in [0.2, 0.25) is 0 Å². The minimum absolute atomic E-state index is 0.218. The Morgan fingerprint density at radius 2 is 2.38 bits per heavy atom. The summed E-state index contributed by atoms with van der Waals surface area (Å²) in [6, 6.07) is 0. The molecule has 4 nitrogen and oxygen atoms in total. The summed E-state index contributed by atoms with van der Waals surface area (Å²) in [6.07, 6.45) is 0.463. The molecule has 13 heavy (non-hydrogen) atoms. The molecule has 0 aliphatic carbocycles. The fourth-order valence-corrected chi connectivity index (χ4v) is 1.58. The Balaban J connectivity index is 2.75. The largest absolute Gasteiger partial charge is 0.444 e. The van der Waals surface area contributed by atoms with Crippen LogP contribution in [0.5, 0.6) is 0 Å². The van der Waals surface area contributed by atoms with E-state index >= 15 is 0 Å². The summed E-state index contributed by atoms with van der Waals surface area (Å²) in [5.41, 5.74) is -0.632. The van der Waals surface area contributed by atoms with E-state index in [2.05, 4.69) is 5.32 Å². The van der Waals surface area contributed by atoms with Crippen LogP contribution < -0.4 is 5.32 Å². The van der Waals surface area contributed by atoms with Crippen LogP contribution in [0.1, 0.15) is 33.6 Å². The van der Waals surface area contributed by atoms with Gasteiger partial charge >= 0.3 is 6.09 Å². The van der Waals surface area contributed by atoms with Crippen molar-refractivity contribution < 1.29 is 14.6 Å². The molecular weight excluding hydrogens is 170 g/mol. The standard InChI is InChI=1S/C9H17NO3/c1-4-5-7-9(3,6(2)11)10-8(12)13-7/h6-7,11H,4-5H2,1-3H3,(H,10,12)/t6-,7-,9-/m1/s1. The fraction of sp³-hybridized carbons (Fsp3) is 0.889. The predicted octanol–water partition coefficient (Wildman–Crippen LogP) is 1.03. The molecule has 1 heterocycles. The molecule has 0 bridgehead atoms. The van der Waals surface area contributed by atoms with Gasteiger partial charge in [-0.2, -0.15) is 0 Å². The van der Waals surface area contributed by atoms with Crippen LogP contribution in [-0.2, 0) is 4.74 Å². The number of aliphatic hydroxyl groups is 1. The molecule has 76 valence electrons. The van der Waals surface area contributed by atoms with Gasteiger partial charge in [0.05, 0.1) is 6.10 Å². The van der Waals surface area contributed by atoms with E-state index in [4.69, 9.17) is 4.74 Å². The first kappa shape index (κ1) is 10.3. The molecule has 1 aliphatic rings. The highest BCUT2D eigenvalue weighted by atomic mass is 16.6. The third kappa shape index (κ3) is 1.77. The quantitative estimate of drug-likeness (QED) is 0.694. The van der Waals surface area contributed by atoms with Gasteiger partial charge in [-0.15, -0.1) is 0 Å². The van der Waals surface area contributed by atoms with Gasteiger partial charge in [0.15, 0.2) is 0 Å². The first-order valence-electron chi connectivity index (χ1n) is 4.67. The molecule has 0 radical (unpaired) electrons. The molecular formula is C9H17NO3. The van der Waals surface area contributed by atoms with Crippen molar-refractivity contribution >= 4 is 6.09 Å². The number of carbonyl (C=O) groups is 1. The predicted molar refractivity (Wildman–Crippen MR) is 48.4 cm³/mol. The number of amides is 1. The summed E-state index contributed by atoms with van der Waals surface area (Å²) >= 11 is 0. The van der Waals surface area contributed by atoms with Gasteiger partial charge in [0.25, 0.3) is 0 Å². The summed E-state index contributed by atoms with van der Waals surface area (Å²) in [5, 5.41) is 12.2. The summed E-state index contributed by atoms with van der Waals surface area (Å²) in [4.78, 5) is 11.0. The van der Waals surface area contributed by atoms with Crippen molar-refractivity contribution in [2.45, 2.75) is 51.4 Å². The maximum absolute atomic E-state index is 11.0. The molecule has 1 saturated heterocycles. The first-order chi connectivity index (χ1) is 6.00. The third-order valence-corrected chi connectivity index (χ3v) is 2.71. The zero-order valence-corrected chi connectivity index (χ0v) is 8.33. The van der Waals surface area contributed by atoms with E-state index in [-0.39, 0.29) is 6.10 Å². The van der Waals surface area contributed by atoms with Crippen LogP contribution >= 0.6 is 0 Å². The molecule has 0 aromatic carbocycles. The third-order valence-electron chi connectivity index (χ3n) is 2.71. The molecule has 0 unspecified atom stereocenters. The molecule has 0 aromatic heterocycles. The van der Waals surface area contributed by atoms with E-state index in [1.807, 2.05) is 13.8 Å². The molecule has 1 rings (SSSR count). The molecule has 2 N–H and O–H groups in total. The first-order valence-corrected chi connectivity index (χ1v) is 4.67. The Kier molecular flexibility index (Phi) is 2.81. The van der Waals surface area contributed by atoms with Crippen LogP contribution in [0.4, 0.5) is 4.79 Å². The lowest BCUT2D eigenvalue weighted by atomic mass is 9.87. The topological polar surface area (TPSA) is 58.6 Å². The summed E-state index contributed by atoms with van der Waals surface area (Å²) in [5.74, 6) is 0. The van der Waals surface area contributed by atoms with Gasteiger partial charge in [0.1, 0.15) is 11.6 Å². The van der Waals surface area contributed by atoms with Gasteiger partial charge in [-0.1, -0.05) is 13.3 Å². The second-order valence-electron chi connectivity index (χ2n) is 3.77. The number of hydrogen-bond acceptors (Lipinski definition) is 3. The zero-order chi connectivity index (χ0) is 10.1. The van der Waals surface area contributed by atoms with E-state index < -0.39 is 17.7 Å². The normalized spacial score (nSPS) is 35.4. The van der Waals surface area contributed by atoms with Crippen LogP contribution in [0.3, 0.4) is 0 Å². The molecule has 1 fully saturated rings. The Bertz CT molecular complexity index is 205. The van der Waals surface area contributed by atoms with Crippen LogP contribution in [-0.4, -0.2) is 28.9 Å². The van der Waals surface area contributed by atoms with E-state index in [1.54, 1.807) is 6.92 Å². The number of cyclic esters (lactones) is 1. The van der Waals surface area contributed by atoms with E-state index in [0.29, 0.717) is 0 Å². The summed E-state index contributed by atoms with van der Waals surface area (Å²) in [6.45, 7) is 5.50. The van der Waals surface area contributed by atoms with Crippen LogP contribution in [0.15, 0.2) is 0 Å². The minimum Gasteiger partial charge on any atom is -0.444 e. The molecule has 0 saturated carbocycles. The summed E-state index contributed by atoms with van der Waals surface area (Å²) in [7, 11) is 0. The lowest BCUT2D eigenvalue weighted by molar-refractivity contribution is 0.0324. The second kappa shape index (κ2) is 3.54. The lowest BCUT2D eigenvalue weighted by Crippen LogP contribution is -2.53. The van der Waals surface area contributed by atoms with Crippen molar-refractivity contribution in [3.8, 4) is 0 Å². The van der Waals surface area contributed by atoms with Crippen molar-refractivity contribution in [2.24, 2.45) is 0 Å². The second-order valence-corrected chi connectivity index (χ2v) is 3.77. The van der Waals surface area contributed by atoms with Gasteiger partial charge in [0, 0.05) is 0 Å². The molecule has 0 aromatic rings. The zero-order valence-electron chi connectivity index (χ0n) is 8.33. The average molecular weight is 187 g/mol. The highest BCUT2D eigenvalue weighted by Crippen LogP contribution is 2.27. The van der Waals surface area contributed by atoms with Gasteiger partial charge in [-0.25, -0.2) is 4.79 Å². The average Bonchev–Trinajstić information content (AvgIpc) is 2.29. The van der Waals surface area contributed by atoms with Crippen molar-refractivity contribution in [2.75, 3.05) is 0 Å². The number of nitrogens with one attached hydrogen (secondary N) is 1. The minimum atomic E-state index is -0.632. The Labute approximate surface area is 78.3 Å². The maximum Gasteiger partial charge on any atom is 0.408 e. The van der Waals surface area contributed by atoms with E-state index in [0.717, 1.165) is 12.8 Å². The van der Waals surface area contributed by atoms with E-state index in [1.165, 1.54) is 0 Å². The van der Waals surface area contributed by atoms with Crippen LogP contribution in [0.25, 0.3) is 0 Å². The summed E-state index contributed by atoms with van der Waals surface area (Å²) < 4.78 is 5.07. The Hall–Kier alpha value is -0.770. The number of hydrogen-bond donors (Lipinski definition) is 2. The lowest BCUT2D eigenvalue weighted by Gasteiger charge is -2.30. The Morgan fingerprint density at radius 1 is 1.77 bits per heavy atom. The smallest absolute Gasteiger partial charge is 0.408 e. The van der Waals surface area contributed by atoms with Crippen molar-refractivity contribution in [1.29, 1.82) is 0 Å². The monoisotopic (exact) mass is 187 g/mol. The van der Waals surface area contributed by atoms with Crippen molar-refractivity contribution in [1.82, 2.24) is 5.32 Å². The number of aliphatic hydroxyl groups excluding tert-OH is 1. The molecule has 0 spiro atoms. The fourth-order valence-electron chi connectivity index (χ4n) is 1.58. The highest BCUT2D eigenvalue weighted by Gasteiger charge is 2.47.